The number of aryl methyl sites for hydroxylation is 1. The molecular formula is C14H13BrN4O2. The van der Waals surface area contributed by atoms with Crippen molar-refractivity contribution in [3.05, 3.63) is 49.7 Å². The van der Waals surface area contributed by atoms with Crippen LogP contribution < -0.4 is 0 Å². The number of nitrogens with zero attached hydrogens (tertiary/aromatic N) is 4. The molecule has 0 aliphatic rings. The standard InChI is InChI=1S/C14H13BrN4O2/c1-3-12-14(19(20)21)13(4-2)18(17-12)11-6-9(8-16)5-10(15)7-11/h5-7H,3-4H2,1-2H3. The summed E-state index contributed by atoms with van der Waals surface area (Å²) in [6.45, 7) is 3.68. The molecule has 0 amide bonds. The molecular weight excluding hydrogens is 336 g/mol. The minimum Gasteiger partial charge on any atom is -0.258 e. The fourth-order valence-corrected chi connectivity index (χ4v) is 2.72. The van der Waals surface area contributed by atoms with Crippen molar-refractivity contribution in [1.82, 2.24) is 9.78 Å². The summed E-state index contributed by atoms with van der Waals surface area (Å²) in [6, 6.07) is 7.21. The van der Waals surface area contributed by atoms with Crippen molar-refractivity contribution >= 4 is 21.6 Å². The minimum atomic E-state index is -0.385. The average Bonchev–Trinajstić information content (AvgIpc) is 2.85. The maximum absolute atomic E-state index is 11.3. The Hall–Kier alpha value is -2.20. The largest absolute Gasteiger partial charge is 0.313 e. The van der Waals surface area contributed by atoms with Crippen molar-refractivity contribution in [2.24, 2.45) is 0 Å². The van der Waals surface area contributed by atoms with Crippen molar-refractivity contribution < 1.29 is 4.92 Å². The maximum Gasteiger partial charge on any atom is 0.313 e. The monoisotopic (exact) mass is 348 g/mol. The molecule has 0 radical (unpaired) electrons. The Labute approximate surface area is 130 Å². The summed E-state index contributed by atoms with van der Waals surface area (Å²) in [7, 11) is 0. The lowest BCUT2D eigenvalue weighted by Gasteiger charge is -2.06. The van der Waals surface area contributed by atoms with E-state index in [-0.39, 0.29) is 10.6 Å². The Balaban J connectivity index is 2.73. The molecule has 0 fully saturated rings. The Bertz CT molecular complexity index is 746. The quantitative estimate of drug-likeness (QED) is 0.624. The predicted molar refractivity (Wildman–Crippen MR) is 81.4 cm³/mol. The molecule has 0 unspecified atom stereocenters. The molecule has 1 aromatic heterocycles. The van der Waals surface area contributed by atoms with Crippen LogP contribution in [0.5, 0.6) is 0 Å². The van der Waals surface area contributed by atoms with Gasteiger partial charge in [-0.3, -0.25) is 10.1 Å². The molecule has 0 N–H and O–H groups in total. The third-order valence-electron chi connectivity index (χ3n) is 3.13. The smallest absolute Gasteiger partial charge is 0.258 e. The molecule has 0 bridgehead atoms. The first kappa shape index (κ1) is 15.2. The number of hydrogen-bond acceptors (Lipinski definition) is 4. The van der Waals surface area contributed by atoms with Crippen LogP contribution in [0.3, 0.4) is 0 Å². The number of nitro groups is 1. The molecule has 1 aromatic carbocycles. The van der Waals surface area contributed by atoms with Crippen LogP contribution in [0.2, 0.25) is 0 Å². The van der Waals surface area contributed by atoms with Crippen molar-refractivity contribution in [1.29, 1.82) is 5.26 Å². The van der Waals surface area contributed by atoms with E-state index in [1.54, 1.807) is 22.9 Å². The fourth-order valence-electron chi connectivity index (χ4n) is 2.24. The van der Waals surface area contributed by atoms with Crippen LogP contribution >= 0.6 is 15.9 Å². The van der Waals surface area contributed by atoms with Crippen molar-refractivity contribution in [2.75, 3.05) is 0 Å². The summed E-state index contributed by atoms with van der Waals surface area (Å²) in [5.74, 6) is 0. The third-order valence-corrected chi connectivity index (χ3v) is 3.59. The van der Waals surface area contributed by atoms with E-state index in [4.69, 9.17) is 5.26 Å². The van der Waals surface area contributed by atoms with E-state index in [2.05, 4.69) is 27.1 Å². The lowest BCUT2D eigenvalue weighted by molar-refractivity contribution is -0.386. The molecule has 0 spiro atoms. The van der Waals surface area contributed by atoms with E-state index in [0.29, 0.717) is 35.5 Å². The van der Waals surface area contributed by atoms with Gasteiger partial charge in [0.05, 0.1) is 22.2 Å². The van der Waals surface area contributed by atoms with Crippen LogP contribution in [-0.2, 0) is 12.8 Å². The highest BCUT2D eigenvalue weighted by molar-refractivity contribution is 9.10. The second kappa shape index (κ2) is 6.06. The van der Waals surface area contributed by atoms with Crippen molar-refractivity contribution in [3.63, 3.8) is 0 Å². The highest BCUT2D eigenvalue weighted by atomic mass is 79.9. The summed E-state index contributed by atoms with van der Waals surface area (Å²) >= 11 is 3.34. The van der Waals surface area contributed by atoms with Crippen LogP contribution in [-0.4, -0.2) is 14.7 Å². The SMILES string of the molecule is CCc1nn(-c2cc(Br)cc(C#N)c2)c(CC)c1[N+](=O)[O-]. The lowest BCUT2D eigenvalue weighted by Crippen LogP contribution is -2.03. The minimum absolute atomic E-state index is 0.0680. The first-order valence-electron chi connectivity index (χ1n) is 6.48. The van der Waals surface area contributed by atoms with Gasteiger partial charge in [-0.05, 0) is 31.0 Å². The van der Waals surface area contributed by atoms with E-state index in [1.807, 2.05) is 13.8 Å². The number of hydrogen-bond donors (Lipinski definition) is 0. The van der Waals surface area contributed by atoms with Crippen LogP contribution in [0.1, 0.15) is 30.8 Å². The molecule has 0 atom stereocenters. The molecule has 0 aliphatic heterocycles. The van der Waals surface area contributed by atoms with E-state index >= 15 is 0 Å². The maximum atomic E-state index is 11.3. The molecule has 0 saturated carbocycles. The molecule has 1 heterocycles. The topological polar surface area (TPSA) is 84.8 Å². The molecule has 21 heavy (non-hydrogen) atoms. The van der Waals surface area contributed by atoms with Gasteiger partial charge in [0.15, 0.2) is 0 Å². The summed E-state index contributed by atoms with van der Waals surface area (Å²) in [6.07, 6.45) is 0.965. The number of benzene rings is 1. The van der Waals surface area contributed by atoms with E-state index in [0.717, 1.165) is 4.47 Å². The summed E-state index contributed by atoms with van der Waals surface area (Å²) in [5, 5.41) is 24.7. The number of nitriles is 1. The third kappa shape index (κ3) is 2.81. The number of rotatable bonds is 4. The molecule has 2 aromatic rings. The van der Waals surface area contributed by atoms with Crippen molar-refractivity contribution in [2.45, 2.75) is 26.7 Å². The number of halogens is 1. The molecule has 6 nitrogen and oxygen atoms in total. The van der Waals surface area contributed by atoms with E-state index < -0.39 is 0 Å². The zero-order chi connectivity index (χ0) is 15.6. The first-order valence-corrected chi connectivity index (χ1v) is 7.27. The van der Waals surface area contributed by atoms with E-state index in [9.17, 15) is 10.1 Å². The Kier molecular flexibility index (Phi) is 4.38. The molecule has 2 rings (SSSR count). The lowest BCUT2D eigenvalue weighted by atomic mass is 10.2. The highest BCUT2D eigenvalue weighted by Crippen LogP contribution is 2.28. The number of aromatic nitrogens is 2. The van der Waals surface area contributed by atoms with Gasteiger partial charge in [0, 0.05) is 4.47 Å². The van der Waals surface area contributed by atoms with E-state index in [1.165, 1.54) is 0 Å². The zero-order valence-corrected chi connectivity index (χ0v) is 13.2. The summed E-state index contributed by atoms with van der Waals surface area (Å²) in [4.78, 5) is 10.9. The Morgan fingerprint density at radius 2 is 2.10 bits per heavy atom. The highest BCUT2D eigenvalue weighted by Gasteiger charge is 2.26. The second-order valence-electron chi connectivity index (χ2n) is 4.43. The normalized spacial score (nSPS) is 10.4. The van der Waals surface area contributed by atoms with Gasteiger partial charge in [0.2, 0.25) is 0 Å². The molecule has 7 heteroatoms. The summed E-state index contributed by atoms with van der Waals surface area (Å²) in [5.41, 5.74) is 2.17. The van der Waals surface area contributed by atoms with Crippen LogP contribution in [0.25, 0.3) is 5.69 Å². The molecule has 108 valence electrons. The first-order chi connectivity index (χ1) is 10.0. The van der Waals surface area contributed by atoms with Gasteiger partial charge in [0.25, 0.3) is 0 Å². The van der Waals surface area contributed by atoms with Gasteiger partial charge < -0.3 is 0 Å². The Morgan fingerprint density at radius 3 is 2.62 bits per heavy atom. The van der Waals surface area contributed by atoms with Gasteiger partial charge in [-0.1, -0.05) is 29.8 Å². The second-order valence-corrected chi connectivity index (χ2v) is 5.34. The molecule has 0 saturated heterocycles. The van der Waals surface area contributed by atoms with Gasteiger partial charge in [-0.15, -0.1) is 0 Å². The summed E-state index contributed by atoms with van der Waals surface area (Å²) < 4.78 is 2.29. The fraction of sp³-hybridized carbons (Fsp3) is 0.286. The van der Waals surface area contributed by atoms with Crippen molar-refractivity contribution in [3.8, 4) is 11.8 Å². The molecule has 0 aliphatic carbocycles. The van der Waals surface area contributed by atoms with Crippen LogP contribution in [0.15, 0.2) is 22.7 Å². The average molecular weight is 349 g/mol. The van der Waals surface area contributed by atoms with Gasteiger partial charge >= 0.3 is 5.69 Å². The van der Waals surface area contributed by atoms with Crippen LogP contribution in [0, 0.1) is 21.4 Å². The van der Waals surface area contributed by atoms with Gasteiger partial charge in [-0.25, -0.2) is 4.68 Å². The predicted octanol–water partition coefficient (Wildman–Crippen LogP) is 3.54. The van der Waals surface area contributed by atoms with Crippen LogP contribution in [0.4, 0.5) is 5.69 Å². The Morgan fingerprint density at radius 1 is 1.38 bits per heavy atom. The van der Waals surface area contributed by atoms with Gasteiger partial charge in [0.1, 0.15) is 11.4 Å². The zero-order valence-electron chi connectivity index (χ0n) is 11.6. The van der Waals surface area contributed by atoms with Gasteiger partial charge in [-0.2, -0.15) is 10.4 Å².